The highest BCUT2D eigenvalue weighted by Crippen LogP contribution is 2.38. The first kappa shape index (κ1) is 19.3. The molecule has 2 atom stereocenters. The summed E-state index contributed by atoms with van der Waals surface area (Å²) in [6.07, 6.45) is 3.79. The minimum Gasteiger partial charge on any atom is -0.479 e. The SMILES string of the molecule is CC(=O)N1CCN(c2ccc([C@](C)(Oc3cn[nH]c3)[C@H]3CNC(=O)C3)cc2)CC1. The van der Waals surface area contributed by atoms with Crippen LogP contribution in [0.4, 0.5) is 5.69 Å². The summed E-state index contributed by atoms with van der Waals surface area (Å²) in [6, 6.07) is 8.35. The monoisotopic (exact) mass is 397 g/mol. The van der Waals surface area contributed by atoms with Crippen LogP contribution in [0.5, 0.6) is 5.75 Å². The van der Waals surface area contributed by atoms with Gasteiger partial charge >= 0.3 is 0 Å². The normalized spacial score (nSPS) is 21.6. The lowest BCUT2D eigenvalue weighted by atomic mass is 9.81. The van der Waals surface area contributed by atoms with Gasteiger partial charge in [-0.05, 0) is 24.6 Å². The Balaban J connectivity index is 1.54. The third-order valence-corrected chi connectivity index (χ3v) is 6.09. The highest BCUT2D eigenvalue weighted by atomic mass is 16.5. The van der Waals surface area contributed by atoms with Crippen molar-refractivity contribution in [3.05, 3.63) is 42.2 Å². The Morgan fingerprint density at radius 1 is 1.21 bits per heavy atom. The van der Waals surface area contributed by atoms with Gasteiger partial charge in [-0.15, -0.1) is 0 Å². The highest BCUT2D eigenvalue weighted by molar-refractivity contribution is 5.78. The van der Waals surface area contributed by atoms with Gasteiger partial charge in [0.1, 0.15) is 5.60 Å². The zero-order valence-electron chi connectivity index (χ0n) is 16.9. The summed E-state index contributed by atoms with van der Waals surface area (Å²) in [5, 5.41) is 9.66. The summed E-state index contributed by atoms with van der Waals surface area (Å²) >= 11 is 0. The second-order valence-electron chi connectivity index (χ2n) is 7.89. The van der Waals surface area contributed by atoms with Gasteiger partial charge in [-0.3, -0.25) is 14.7 Å². The average Bonchev–Trinajstić information content (AvgIpc) is 3.40. The first-order valence-electron chi connectivity index (χ1n) is 10.0. The van der Waals surface area contributed by atoms with E-state index in [-0.39, 0.29) is 17.7 Å². The van der Waals surface area contributed by atoms with E-state index in [1.807, 2.05) is 11.8 Å². The molecule has 2 fully saturated rings. The Morgan fingerprint density at radius 2 is 1.93 bits per heavy atom. The quantitative estimate of drug-likeness (QED) is 0.798. The van der Waals surface area contributed by atoms with Crippen LogP contribution >= 0.6 is 0 Å². The molecule has 29 heavy (non-hydrogen) atoms. The maximum Gasteiger partial charge on any atom is 0.220 e. The highest BCUT2D eigenvalue weighted by Gasteiger charge is 2.42. The number of hydrogen-bond acceptors (Lipinski definition) is 5. The molecule has 2 aliphatic rings. The summed E-state index contributed by atoms with van der Waals surface area (Å²) < 4.78 is 6.34. The van der Waals surface area contributed by atoms with Gasteiger partial charge in [-0.25, -0.2) is 0 Å². The number of aromatic nitrogens is 2. The number of nitrogens with zero attached hydrogens (tertiary/aromatic N) is 3. The third kappa shape index (κ3) is 3.92. The first-order chi connectivity index (χ1) is 14.0. The molecule has 2 N–H and O–H groups in total. The molecular formula is C21H27N5O3. The molecule has 8 nitrogen and oxygen atoms in total. The average molecular weight is 397 g/mol. The Bertz CT molecular complexity index is 859. The molecule has 0 saturated carbocycles. The van der Waals surface area contributed by atoms with Crippen LogP contribution in [0.25, 0.3) is 0 Å². The number of amides is 2. The summed E-state index contributed by atoms with van der Waals surface area (Å²) in [4.78, 5) is 27.6. The number of hydrogen-bond donors (Lipinski definition) is 2. The second-order valence-corrected chi connectivity index (χ2v) is 7.89. The van der Waals surface area contributed by atoms with Crippen molar-refractivity contribution in [2.75, 3.05) is 37.6 Å². The van der Waals surface area contributed by atoms with Gasteiger partial charge in [0.05, 0.1) is 12.4 Å². The van der Waals surface area contributed by atoms with Crippen LogP contribution < -0.4 is 15.0 Å². The van der Waals surface area contributed by atoms with E-state index in [0.29, 0.717) is 18.7 Å². The number of piperazine rings is 1. The van der Waals surface area contributed by atoms with Crippen molar-refractivity contribution in [3.8, 4) is 5.75 Å². The number of rotatable bonds is 5. The molecule has 0 bridgehead atoms. The van der Waals surface area contributed by atoms with Crippen LogP contribution in [-0.2, 0) is 15.2 Å². The second kappa shape index (κ2) is 7.77. The van der Waals surface area contributed by atoms with E-state index < -0.39 is 5.60 Å². The van der Waals surface area contributed by atoms with Crippen molar-refractivity contribution in [2.45, 2.75) is 25.9 Å². The lowest BCUT2D eigenvalue weighted by molar-refractivity contribution is -0.129. The van der Waals surface area contributed by atoms with Crippen LogP contribution in [0.2, 0.25) is 0 Å². The van der Waals surface area contributed by atoms with Crippen LogP contribution in [0.3, 0.4) is 0 Å². The molecule has 2 aliphatic heterocycles. The summed E-state index contributed by atoms with van der Waals surface area (Å²) in [5.41, 5.74) is 1.49. The van der Waals surface area contributed by atoms with Crippen molar-refractivity contribution in [1.29, 1.82) is 0 Å². The van der Waals surface area contributed by atoms with Crippen LogP contribution in [0, 0.1) is 5.92 Å². The van der Waals surface area contributed by atoms with Crippen molar-refractivity contribution in [2.24, 2.45) is 5.92 Å². The zero-order valence-corrected chi connectivity index (χ0v) is 16.9. The minimum absolute atomic E-state index is 0.0230. The fourth-order valence-corrected chi connectivity index (χ4v) is 4.20. The molecule has 3 heterocycles. The number of ether oxygens (including phenoxy) is 1. The molecule has 2 aromatic rings. The number of carbonyl (C=O) groups excluding carboxylic acids is 2. The van der Waals surface area contributed by atoms with E-state index in [1.54, 1.807) is 19.3 Å². The smallest absolute Gasteiger partial charge is 0.220 e. The Hall–Kier alpha value is -3.03. The number of anilines is 1. The lowest BCUT2D eigenvalue weighted by Crippen LogP contribution is -2.48. The molecule has 2 saturated heterocycles. The molecule has 8 heteroatoms. The lowest BCUT2D eigenvalue weighted by Gasteiger charge is -2.37. The van der Waals surface area contributed by atoms with Crippen LogP contribution in [-0.4, -0.2) is 59.6 Å². The molecule has 0 unspecified atom stereocenters. The van der Waals surface area contributed by atoms with Gasteiger partial charge in [0.2, 0.25) is 11.8 Å². The topological polar surface area (TPSA) is 90.6 Å². The largest absolute Gasteiger partial charge is 0.479 e. The molecule has 1 aromatic heterocycles. The number of benzene rings is 1. The Labute approximate surface area is 170 Å². The molecule has 0 aliphatic carbocycles. The molecular weight excluding hydrogens is 370 g/mol. The standard InChI is InChI=1S/C21H27N5O3/c1-15(27)25-7-9-26(10-8-25)18-5-3-16(4-6-18)21(2,17-11-20(28)22-12-17)29-19-13-23-24-14-19/h3-6,13-14,17H,7-12H2,1-2H3,(H,22,28)(H,23,24)/t17-,21+/m1/s1. The van der Waals surface area contributed by atoms with E-state index >= 15 is 0 Å². The van der Waals surface area contributed by atoms with Crippen molar-refractivity contribution < 1.29 is 14.3 Å². The van der Waals surface area contributed by atoms with Gasteiger partial charge in [-0.1, -0.05) is 12.1 Å². The number of H-pyrrole nitrogens is 1. The molecule has 0 radical (unpaired) electrons. The fourth-order valence-electron chi connectivity index (χ4n) is 4.20. The number of carbonyl (C=O) groups is 2. The van der Waals surface area contributed by atoms with Gasteiger partial charge in [0.15, 0.2) is 5.75 Å². The van der Waals surface area contributed by atoms with Crippen LogP contribution in [0.15, 0.2) is 36.7 Å². The third-order valence-electron chi connectivity index (χ3n) is 6.09. The fraction of sp³-hybridized carbons (Fsp3) is 0.476. The molecule has 0 spiro atoms. The predicted octanol–water partition coefficient (Wildman–Crippen LogP) is 1.51. The number of nitrogens with one attached hydrogen (secondary N) is 2. The van der Waals surface area contributed by atoms with Gasteiger partial charge in [0.25, 0.3) is 0 Å². The van der Waals surface area contributed by atoms with Crippen molar-refractivity contribution in [1.82, 2.24) is 20.4 Å². The zero-order chi connectivity index (χ0) is 20.4. The predicted molar refractivity (Wildman–Crippen MR) is 109 cm³/mol. The van der Waals surface area contributed by atoms with E-state index in [2.05, 4.69) is 44.7 Å². The molecule has 2 amide bonds. The molecule has 4 rings (SSSR count). The maximum atomic E-state index is 11.8. The van der Waals surface area contributed by atoms with E-state index in [4.69, 9.17) is 4.74 Å². The Morgan fingerprint density at radius 3 is 2.48 bits per heavy atom. The van der Waals surface area contributed by atoms with E-state index in [1.165, 1.54) is 0 Å². The van der Waals surface area contributed by atoms with E-state index in [0.717, 1.165) is 37.4 Å². The van der Waals surface area contributed by atoms with E-state index in [9.17, 15) is 9.59 Å². The van der Waals surface area contributed by atoms with Gasteiger partial charge in [0, 0.05) is 57.7 Å². The number of aromatic amines is 1. The summed E-state index contributed by atoms with van der Waals surface area (Å²) in [5.74, 6) is 0.856. The van der Waals surface area contributed by atoms with Gasteiger partial charge in [-0.2, -0.15) is 5.10 Å². The minimum atomic E-state index is -0.658. The molecule has 1 aromatic carbocycles. The summed E-state index contributed by atoms with van der Waals surface area (Å²) in [7, 11) is 0. The van der Waals surface area contributed by atoms with Gasteiger partial charge < -0.3 is 19.9 Å². The van der Waals surface area contributed by atoms with Crippen molar-refractivity contribution >= 4 is 17.5 Å². The maximum absolute atomic E-state index is 11.8. The first-order valence-corrected chi connectivity index (χ1v) is 10.0. The Kier molecular flexibility index (Phi) is 5.17. The van der Waals surface area contributed by atoms with Crippen molar-refractivity contribution in [3.63, 3.8) is 0 Å². The molecule has 154 valence electrons. The summed E-state index contributed by atoms with van der Waals surface area (Å²) in [6.45, 7) is 7.37. The van der Waals surface area contributed by atoms with Crippen LogP contribution in [0.1, 0.15) is 25.8 Å².